The quantitative estimate of drug-likeness (QED) is 0.570. The Labute approximate surface area is 210 Å². The number of ether oxygens (including phenoxy) is 1. The number of aryl methyl sites for hydroxylation is 1. The number of aromatic amines is 1. The first-order valence-corrected chi connectivity index (χ1v) is 12.5. The number of benzene rings is 1. The maximum absolute atomic E-state index is 13.2. The summed E-state index contributed by atoms with van der Waals surface area (Å²) >= 11 is 0. The van der Waals surface area contributed by atoms with Crippen molar-refractivity contribution in [3.05, 3.63) is 75.8 Å². The van der Waals surface area contributed by atoms with Crippen LogP contribution in [0, 0.1) is 13.8 Å². The number of nitrogens with one attached hydrogen (secondary N) is 1. The van der Waals surface area contributed by atoms with Gasteiger partial charge in [-0.25, -0.2) is 10.1 Å². The van der Waals surface area contributed by atoms with Crippen LogP contribution in [0.2, 0.25) is 0 Å². The van der Waals surface area contributed by atoms with Gasteiger partial charge in [0.25, 0.3) is 11.5 Å². The predicted octanol–water partition coefficient (Wildman–Crippen LogP) is 2.79. The highest BCUT2D eigenvalue weighted by Crippen LogP contribution is 2.27. The molecule has 0 saturated carbocycles. The summed E-state index contributed by atoms with van der Waals surface area (Å²) in [5.41, 5.74) is 3.13. The molecular formula is C27H32N6O3. The van der Waals surface area contributed by atoms with Gasteiger partial charge in [0.1, 0.15) is 18.2 Å². The van der Waals surface area contributed by atoms with E-state index >= 15 is 0 Å². The van der Waals surface area contributed by atoms with Crippen molar-refractivity contribution in [3.63, 3.8) is 0 Å². The molecule has 0 radical (unpaired) electrons. The smallest absolute Gasteiger partial charge is 0.269 e. The van der Waals surface area contributed by atoms with E-state index in [0.29, 0.717) is 36.6 Å². The minimum absolute atomic E-state index is 0.0182. The Morgan fingerprint density at radius 3 is 2.69 bits per heavy atom. The molecule has 36 heavy (non-hydrogen) atoms. The molecule has 0 unspecified atom stereocenters. The van der Waals surface area contributed by atoms with E-state index in [9.17, 15) is 9.59 Å². The fourth-order valence-corrected chi connectivity index (χ4v) is 4.94. The van der Waals surface area contributed by atoms with E-state index in [2.05, 4.69) is 31.0 Å². The summed E-state index contributed by atoms with van der Waals surface area (Å²) in [7, 11) is 0. The molecule has 0 aliphatic carbocycles. The first-order chi connectivity index (χ1) is 17.5. The molecule has 2 saturated heterocycles. The lowest BCUT2D eigenvalue weighted by Crippen LogP contribution is -2.49. The standard InChI is InChI=1S/C27H32N6O3/c1-19-8-9-25(28-16-19)31-11-13-32(14-12-31)27(35)21-5-3-7-23(15-21)36-18-22-6-4-10-33(22)24-17-29-30-26(34)20(24)2/h3,5,7-9,15-17,22H,4,6,10-14,18H2,1-2H3,(H,30,34)/t22-/m0/s1. The number of anilines is 2. The molecule has 0 spiro atoms. The van der Waals surface area contributed by atoms with Gasteiger partial charge in [-0.2, -0.15) is 5.10 Å². The molecule has 4 heterocycles. The molecule has 9 heteroatoms. The maximum Gasteiger partial charge on any atom is 0.269 e. The van der Waals surface area contributed by atoms with Crippen LogP contribution < -0.4 is 20.1 Å². The Balaban J connectivity index is 1.19. The second-order valence-corrected chi connectivity index (χ2v) is 9.51. The third-order valence-corrected chi connectivity index (χ3v) is 7.07. The van der Waals surface area contributed by atoms with Gasteiger partial charge in [-0.1, -0.05) is 12.1 Å². The number of hydrogen-bond donors (Lipinski definition) is 1. The Bertz CT molecular complexity index is 1270. The molecule has 2 aliphatic heterocycles. The summed E-state index contributed by atoms with van der Waals surface area (Å²) in [6.07, 6.45) is 5.59. The fraction of sp³-hybridized carbons (Fsp3) is 0.407. The number of piperazine rings is 1. The van der Waals surface area contributed by atoms with Crippen molar-refractivity contribution in [1.29, 1.82) is 0 Å². The number of nitrogens with zero attached hydrogens (tertiary/aromatic N) is 5. The Morgan fingerprint density at radius 1 is 1.08 bits per heavy atom. The minimum atomic E-state index is -0.166. The number of amides is 1. The van der Waals surface area contributed by atoms with Gasteiger partial charge in [-0.15, -0.1) is 0 Å². The van der Waals surface area contributed by atoms with Crippen molar-refractivity contribution in [1.82, 2.24) is 20.1 Å². The van der Waals surface area contributed by atoms with Gasteiger partial charge in [0.2, 0.25) is 0 Å². The van der Waals surface area contributed by atoms with Gasteiger partial charge < -0.3 is 19.4 Å². The summed E-state index contributed by atoms with van der Waals surface area (Å²) in [5, 5.41) is 6.46. The maximum atomic E-state index is 13.2. The highest BCUT2D eigenvalue weighted by atomic mass is 16.5. The van der Waals surface area contributed by atoms with Gasteiger partial charge in [-0.05, 0) is 56.5 Å². The van der Waals surface area contributed by atoms with Crippen molar-refractivity contribution in [3.8, 4) is 5.75 Å². The number of aromatic nitrogens is 3. The van der Waals surface area contributed by atoms with Crippen molar-refractivity contribution in [2.75, 3.05) is 49.1 Å². The van der Waals surface area contributed by atoms with E-state index in [0.717, 1.165) is 49.5 Å². The lowest BCUT2D eigenvalue weighted by atomic mass is 10.1. The first-order valence-electron chi connectivity index (χ1n) is 12.5. The first kappa shape index (κ1) is 23.8. The molecule has 2 fully saturated rings. The van der Waals surface area contributed by atoms with Crippen LogP contribution in [0.5, 0.6) is 5.75 Å². The monoisotopic (exact) mass is 488 g/mol. The van der Waals surface area contributed by atoms with E-state index in [4.69, 9.17) is 4.74 Å². The number of pyridine rings is 1. The van der Waals surface area contributed by atoms with E-state index in [1.54, 1.807) is 6.20 Å². The Kier molecular flexibility index (Phi) is 6.88. The molecule has 1 amide bonds. The van der Waals surface area contributed by atoms with E-state index in [-0.39, 0.29) is 17.5 Å². The fourth-order valence-electron chi connectivity index (χ4n) is 4.94. The average Bonchev–Trinajstić information content (AvgIpc) is 3.38. The second-order valence-electron chi connectivity index (χ2n) is 9.51. The molecule has 1 aromatic carbocycles. The minimum Gasteiger partial charge on any atom is -0.491 e. The van der Waals surface area contributed by atoms with Crippen LogP contribution >= 0.6 is 0 Å². The molecule has 1 atom stereocenters. The third-order valence-electron chi connectivity index (χ3n) is 7.07. The van der Waals surface area contributed by atoms with E-state index < -0.39 is 0 Å². The van der Waals surface area contributed by atoms with Gasteiger partial charge in [-0.3, -0.25) is 9.59 Å². The lowest BCUT2D eigenvalue weighted by Gasteiger charge is -2.35. The molecule has 5 rings (SSSR count). The SMILES string of the molecule is Cc1ccc(N2CCN(C(=O)c3cccc(OC[C@@H]4CCCN4c4cn[nH]c(=O)c4C)c3)CC2)nc1. The molecule has 9 nitrogen and oxygen atoms in total. The zero-order valence-electron chi connectivity index (χ0n) is 20.8. The average molecular weight is 489 g/mol. The van der Waals surface area contributed by atoms with E-state index in [1.165, 1.54) is 0 Å². The van der Waals surface area contributed by atoms with Gasteiger partial charge in [0.15, 0.2) is 0 Å². The third kappa shape index (κ3) is 5.05. The molecule has 2 aromatic heterocycles. The number of carbonyl (C=O) groups is 1. The summed E-state index contributed by atoms with van der Waals surface area (Å²) in [4.78, 5) is 36.0. The van der Waals surface area contributed by atoms with Crippen LogP contribution in [0.1, 0.15) is 34.3 Å². The van der Waals surface area contributed by atoms with Crippen molar-refractivity contribution < 1.29 is 9.53 Å². The van der Waals surface area contributed by atoms with Crippen LogP contribution in [0.3, 0.4) is 0 Å². The second kappa shape index (κ2) is 10.4. The van der Waals surface area contributed by atoms with Crippen molar-refractivity contribution in [2.45, 2.75) is 32.7 Å². The van der Waals surface area contributed by atoms with Gasteiger partial charge in [0.05, 0.1) is 17.9 Å². The van der Waals surface area contributed by atoms with Gasteiger partial charge >= 0.3 is 0 Å². The van der Waals surface area contributed by atoms with E-state index in [1.807, 2.05) is 55.3 Å². The summed E-state index contributed by atoms with van der Waals surface area (Å²) in [6, 6.07) is 11.7. The van der Waals surface area contributed by atoms with Crippen LogP contribution in [-0.4, -0.2) is 71.4 Å². The van der Waals surface area contributed by atoms with Crippen molar-refractivity contribution >= 4 is 17.4 Å². The number of hydrogen-bond acceptors (Lipinski definition) is 7. The predicted molar refractivity (Wildman–Crippen MR) is 139 cm³/mol. The van der Waals surface area contributed by atoms with Crippen molar-refractivity contribution in [2.24, 2.45) is 0 Å². The molecule has 188 valence electrons. The normalized spacial score (nSPS) is 17.9. The highest BCUT2D eigenvalue weighted by molar-refractivity contribution is 5.94. The van der Waals surface area contributed by atoms with Crippen LogP contribution in [0.4, 0.5) is 11.5 Å². The zero-order valence-corrected chi connectivity index (χ0v) is 20.8. The number of H-pyrrole nitrogens is 1. The summed E-state index contributed by atoms with van der Waals surface area (Å²) in [6.45, 7) is 8.00. The van der Waals surface area contributed by atoms with Gasteiger partial charge in [0, 0.05) is 50.0 Å². The number of rotatable bonds is 6. The lowest BCUT2D eigenvalue weighted by molar-refractivity contribution is 0.0746. The highest BCUT2D eigenvalue weighted by Gasteiger charge is 2.28. The summed E-state index contributed by atoms with van der Waals surface area (Å²) in [5.74, 6) is 1.65. The molecule has 0 bridgehead atoms. The topological polar surface area (TPSA) is 94.7 Å². The molecule has 1 N–H and O–H groups in total. The molecule has 3 aromatic rings. The summed E-state index contributed by atoms with van der Waals surface area (Å²) < 4.78 is 6.14. The van der Waals surface area contributed by atoms with Crippen LogP contribution in [0.15, 0.2) is 53.6 Å². The molecular weight excluding hydrogens is 456 g/mol. The van der Waals surface area contributed by atoms with Crippen LogP contribution in [0.25, 0.3) is 0 Å². The Hall–Kier alpha value is -3.88. The number of carbonyl (C=O) groups excluding carboxylic acids is 1. The Morgan fingerprint density at radius 2 is 1.92 bits per heavy atom. The molecule has 2 aliphatic rings. The zero-order chi connectivity index (χ0) is 25.1. The van der Waals surface area contributed by atoms with Crippen LogP contribution in [-0.2, 0) is 0 Å². The largest absolute Gasteiger partial charge is 0.491 e.